The summed E-state index contributed by atoms with van der Waals surface area (Å²) in [6.07, 6.45) is 11.4. The summed E-state index contributed by atoms with van der Waals surface area (Å²) in [6.45, 7) is 4.45. The van der Waals surface area contributed by atoms with E-state index in [1.165, 1.54) is 38.1 Å². The Morgan fingerprint density at radius 2 is 1.57 bits per heavy atom. The van der Waals surface area contributed by atoms with Gasteiger partial charge in [-0.25, -0.2) is 0 Å². The Balaban J connectivity index is 1.78. The first-order chi connectivity index (χ1) is 13.7. The minimum Gasteiger partial charge on any atom is -0.143 e. The summed E-state index contributed by atoms with van der Waals surface area (Å²) < 4.78 is 0. The molecule has 3 aromatic carbocycles. The zero-order valence-electron chi connectivity index (χ0n) is 16.7. The van der Waals surface area contributed by atoms with Crippen molar-refractivity contribution < 1.29 is 0 Å². The van der Waals surface area contributed by atoms with Crippen LogP contribution in [-0.2, 0) is 0 Å². The van der Waals surface area contributed by atoms with Crippen LogP contribution in [-0.4, -0.2) is 0 Å². The van der Waals surface area contributed by atoms with Crippen molar-refractivity contribution in [2.45, 2.75) is 49.3 Å². The third kappa shape index (κ3) is 6.05. The third-order valence-electron chi connectivity index (χ3n) is 4.57. The zero-order valence-corrected chi connectivity index (χ0v) is 18.4. The summed E-state index contributed by atoms with van der Waals surface area (Å²) in [5, 5.41) is 2.51. The van der Waals surface area contributed by atoms with E-state index in [1.807, 2.05) is 11.8 Å². The predicted molar refractivity (Wildman–Crippen MR) is 130 cm³/mol. The molecule has 0 bridgehead atoms. The fourth-order valence-corrected chi connectivity index (χ4v) is 4.44. The van der Waals surface area contributed by atoms with E-state index in [4.69, 9.17) is 0 Å². The molecule has 28 heavy (non-hydrogen) atoms. The van der Waals surface area contributed by atoms with Gasteiger partial charge < -0.3 is 0 Å². The molecule has 0 unspecified atom stereocenters. The fraction of sp³-hybridized carbons (Fsp3) is 0.231. The number of hydrogen-bond donors (Lipinski definition) is 1. The molecule has 0 atom stereocenters. The summed E-state index contributed by atoms with van der Waals surface area (Å²) in [4.78, 5) is 3.70. The van der Waals surface area contributed by atoms with Crippen LogP contribution in [0.5, 0.6) is 0 Å². The second-order valence-corrected chi connectivity index (χ2v) is 8.73. The highest BCUT2D eigenvalue weighted by atomic mass is 32.2. The lowest BCUT2D eigenvalue weighted by Gasteiger charge is -2.08. The van der Waals surface area contributed by atoms with Gasteiger partial charge in [-0.05, 0) is 70.0 Å². The van der Waals surface area contributed by atoms with Crippen molar-refractivity contribution >= 4 is 47.3 Å². The van der Waals surface area contributed by atoms with Gasteiger partial charge in [0.1, 0.15) is 0 Å². The van der Waals surface area contributed by atoms with E-state index in [0.29, 0.717) is 0 Å². The first-order valence-electron chi connectivity index (χ1n) is 10.1. The molecule has 0 nitrogen and oxygen atoms in total. The molecule has 2 heteroatoms. The zero-order chi connectivity index (χ0) is 19.8. The van der Waals surface area contributed by atoms with Gasteiger partial charge in [0.15, 0.2) is 0 Å². The molecule has 0 N–H and O–H groups in total. The quantitative estimate of drug-likeness (QED) is 0.289. The molecule has 0 saturated heterocycles. The lowest BCUT2D eigenvalue weighted by Crippen LogP contribution is -1.82. The van der Waals surface area contributed by atoms with Gasteiger partial charge in [-0.1, -0.05) is 87.0 Å². The van der Waals surface area contributed by atoms with Crippen LogP contribution >= 0.6 is 24.4 Å². The number of thiol groups is 1. The van der Waals surface area contributed by atoms with Gasteiger partial charge in [-0.2, -0.15) is 0 Å². The van der Waals surface area contributed by atoms with Crippen LogP contribution in [0.15, 0.2) is 81.4 Å². The van der Waals surface area contributed by atoms with Crippen LogP contribution in [0.1, 0.15) is 50.7 Å². The molecule has 0 fully saturated rings. The molecular formula is C26H28S2. The van der Waals surface area contributed by atoms with E-state index in [-0.39, 0.29) is 0 Å². The molecule has 0 aliphatic carbocycles. The summed E-state index contributed by atoms with van der Waals surface area (Å²) in [6, 6.07) is 21.9. The molecule has 3 rings (SSSR count). The van der Waals surface area contributed by atoms with Crippen LogP contribution in [0, 0.1) is 0 Å². The summed E-state index contributed by atoms with van der Waals surface area (Å²) in [5.41, 5.74) is 2.54. The first-order valence-corrected chi connectivity index (χ1v) is 11.3. The van der Waals surface area contributed by atoms with Crippen molar-refractivity contribution in [1.82, 2.24) is 0 Å². The van der Waals surface area contributed by atoms with Crippen molar-refractivity contribution in [2.75, 3.05) is 0 Å². The number of fused-ring (bicyclic) bond motifs is 1. The van der Waals surface area contributed by atoms with Gasteiger partial charge in [-0.15, -0.1) is 12.6 Å². The Morgan fingerprint density at radius 3 is 2.32 bits per heavy atom. The summed E-state index contributed by atoms with van der Waals surface area (Å²) >= 11 is 6.31. The van der Waals surface area contributed by atoms with Crippen molar-refractivity contribution in [1.29, 1.82) is 0 Å². The number of benzene rings is 3. The van der Waals surface area contributed by atoms with Crippen LogP contribution in [0.25, 0.3) is 22.9 Å². The molecule has 0 aliphatic heterocycles. The molecule has 0 radical (unpaired) electrons. The SMILES string of the molecule is CCC/C=C/c1ccc(/C=C(\CCC)Sc2ccc3cc(S)ccc3c2)cc1. The average Bonchev–Trinajstić information content (AvgIpc) is 2.70. The summed E-state index contributed by atoms with van der Waals surface area (Å²) in [5.74, 6) is 0. The van der Waals surface area contributed by atoms with Gasteiger partial charge in [0.25, 0.3) is 0 Å². The second-order valence-electron chi connectivity index (χ2n) is 7.01. The number of unbranched alkanes of at least 4 members (excludes halogenated alkanes) is 1. The minimum atomic E-state index is 1.01. The predicted octanol–water partition coefficient (Wildman–Crippen LogP) is 8.88. The van der Waals surface area contributed by atoms with E-state index >= 15 is 0 Å². The Morgan fingerprint density at radius 1 is 0.857 bits per heavy atom. The number of thioether (sulfide) groups is 1. The highest BCUT2D eigenvalue weighted by molar-refractivity contribution is 8.03. The Labute approximate surface area is 179 Å². The molecule has 0 saturated carbocycles. The maximum Gasteiger partial charge on any atom is 0.0125 e. The Hall–Kier alpha value is -1.90. The highest BCUT2D eigenvalue weighted by Gasteiger charge is 2.03. The van der Waals surface area contributed by atoms with Crippen molar-refractivity contribution in [3.8, 4) is 0 Å². The maximum absolute atomic E-state index is 4.44. The van der Waals surface area contributed by atoms with Gasteiger partial charge in [0.2, 0.25) is 0 Å². The normalized spacial score (nSPS) is 12.2. The van der Waals surface area contributed by atoms with Gasteiger partial charge in [0, 0.05) is 9.79 Å². The third-order valence-corrected chi connectivity index (χ3v) is 5.92. The van der Waals surface area contributed by atoms with Crippen LogP contribution in [0.3, 0.4) is 0 Å². The monoisotopic (exact) mass is 404 g/mol. The molecule has 3 aromatic rings. The molecule has 0 heterocycles. The smallest absolute Gasteiger partial charge is 0.0125 e. The lowest BCUT2D eigenvalue weighted by molar-refractivity contribution is 0.951. The average molecular weight is 405 g/mol. The fourth-order valence-electron chi connectivity index (χ4n) is 3.10. The maximum atomic E-state index is 4.44. The van der Waals surface area contributed by atoms with E-state index in [0.717, 1.165) is 24.2 Å². The van der Waals surface area contributed by atoms with Crippen LogP contribution in [0.2, 0.25) is 0 Å². The second kappa shape index (κ2) is 10.6. The molecule has 0 aromatic heterocycles. The van der Waals surface area contributed by atoms with Crippen molar-refractivity contribution in [2.24, 2.45) is 0 Å². The van der Waals surface area contributed by atoms with Gasteiger partial charge in [0.05, 0.1) is 0 Å². The van der Waals surface area contributed by atoms with Crippen molar-refractivity contribution in [3.63, 3.8) is 0 Å². The largest absolute Gasteiger partial charge is 0.143 e. The minimum absolute atomic E-state index is 1.01. The Kier molecular flexibility index (Phi) is 7.88. The standard InChI is InChI=1S/C26H28S2/c1-3-5-6-8-20-9-11-21(12-10-20)17-25(7-4-2)28-26-16-14-22-18-24(27)15-13-23(22)19-26/h6,8-19,27H,3-5,7H2,1-2H3/b8-6+,25-17+. The van der Waals surface area contributed by atoms with Gasteiger partial charge >= 0.3 is 0 Å². The first kappa shape index (κ1) is 20.8. The van der Waals surface area contributed by atoms with Crippen molar-refractivity contribution in [3.05, 3.63) is 82.8 Å². The van der Waals surface area contributed by atoms with E-state index in [1.54, 1.807) is 0 Å². The number of rotatable bonds is 8. The molecule has 0 amide bonds. The molecule has 0 spiro atoms. The van der Waals surface area contributed by atoms with E-state index < -0.39 is 0 Å². The summed E-state index contributed by atoms with van der Waals surface area (Å²) in [7, 11) is 0. The number of hydrogen-bond acceptors (Lipinski definition) is 2. The Bertz CT molecular complexity index is 965. The van der Waals surface area contributed by atoms with Crippen LogP contribution < -0.4 is 0 Å². The lowest BCUT2D eigenvalue weighted by atomic mass is 10.1. The molecular weight excluding hydrogens is 376 g/mol. The molecule has 144 valence electrons. The topological polar surface area (TPSA) is 0 Å². The number of allylic oxidation sites excluding steroid dienone is 2. The van der Waals surface area contributed by atoms with E-state index in [2.05, 4.69) is 105 Å². The molecule has 0 aliphatic rings. The van der Waals surface area contributed by atoms with Crippen LogP contribution in [0.4, 0.5) is 0 Å². The van der Waals surface area contributed by atoms with Gasteiger partial charge in [-0.3, -0.25) is 0 Å². The highest BCUT2D eigenvalue weighted by Crippen LogP contribution is 2.33. The van der Waals surface area contributed by atoms with E-state index in [9.17, 15) is 0 Å².